The third-order valence-corrected chi connectivity index (χ3v) is 4.50. The smallest absolute Gasteiger partial charge is 0.319 e. The predicted octanol–water partition coefficient (Wildman–Crippen LogP) is 2.78. The highest BCUT2D eigenvalue weighted by Gasteiger charge is 2.18. The molecule has 27 heavy (non-hydrogen) atoms. The highest BCUT2D eigenvalue weighted by atomic mass is 35.5. The number of hydrogen-bond acceptors (Lipinski definition) is 3. The summed E-state index contributed by atoms with van der Waals surface area (Å²) >= 11 is 6.32. The normalized spacial score (nSPS) is 13.9. The quantitative estimate of drug-likeness (QED) is 0.735. The number of benzene rings is 2. The third-order valence-electron chi connectivity index (χ3n) is 4.20. The second kappa shape index (κ2) is 8.73. The maximum Gasteiger partial charge on any atom is 0.319 e. The lowest BCUT2D eigenvalue weighted by molar-refractivity contribution is -0.120. The topological polar surface area (TPSA) is 73.5 Å². The third kappa shape index (κ3) is 5.34. The fraction of sp³-hybridized carbons (Fsp3) is 0.263. The minimum Gasteiger partial charge on any atom is -0.359 e. The SMILES string of the molecule is O=C1CN(c2ccc(NC(=O)NCCc3ccc(F)cc3)cc2Cl)CCN1. The summed E-state index contributed by atoms with van der Waals surface area (Å²) in [5.74, 6) is -0.324. The summed E-state index contributed by atoms with van der Waals surface area (Å²) in [6.07, 6.45) is 0.602. The molecule has 1 fully saturated rings. The lowest BCUT2D eigenvalue weighted by Crippen LogP contribution is -2.47. The first-order chi connectivity index (χ1) is 13.0. The van der Waals surface area contributed by atoms with Crippen LogP contribution < -0.4 is 20.9 Å². The molecule has 3 N–H and O–H groups in total. The summed E-state index contributed by atoms with van der Waals surface area (Å²) in [6.45, 7) is 1.94. The van der Waals surface area contributed by atoms with Crippen molar-refractivity contribution in [3.05, 3.63) is 58.9 Å². The molecule has 0 bridgehead atoms. The fourth-order valence-corrected chi connectivity index (χ4v) is 3.13. The molecule has 0 saturated carbocycles. The number of carbonyl (C=O) groups is 2. The van der Waals surface area contributed by atoms with Crippen molar-refractivity contribution in [1.29, 1.82) is 0 Å². The van der Waals surface area contributed by atoms with Crippen LogP contribution in [0.4, 0.5) is 20.6 Å². The number of amides is 3. The maximum absolute atomic E-state index is 12.9. The summed E-state index contributed by atoms with van der Waals surface area (Å²) in [4.78, 5) is 25.4. The maximum atomic E-state index is 12.9. The molecule has 1 heterocycles. The molecular formula is C19H20ClFN4O2. The Kier molecular flexibility index (Phi) is 6.13. The van der Waals surface area contributed by atoms with Gasteiger partial charge >= 0.3 is 6.03 Å². The van der Waals surface area contributed by atoms with Crippen molar-refractivity contribution in [3.8, 4) is 0 Å². The van der Waals surface area contributed by atoms with E-state index < -0.39 is 0 Å². The van der Waals surface area contributed by atoms with Crippen LogP contribution in [-0.2, 0) is 11.2 Å². The van der Waals surface area contributed by atoms with Crippen molar-refractivity contribution in [2.24, 2.45) is 0 Å². The first-order valence-corrected chi connectivity index (χ1v) is 8.99. The minimum absolute atomic E-state index is 0.0416. The van der Waals surface area contributed by atoms with Crippen molar-refractivity contribution in [2.45, 2.75) is 6.42 Å². The monoisotopic (exact) mass is 390 g/mol. The summed E-state index contributed by atoms with van der Waals surface area (Å²) in [7, 11) is 0. The molecular weight excluding hydrogens is 371 g/mol. The highest BCUT2D eigenvalue weighted by Crippen LogP contribution is 2.29. The summed E-state index contributed by atoms with van der Waals surface area (Å²) in [5, 5.41) is 8.70. The molecule has 2 aromatic rings. The van der Waals surface area contributed by atoms with Crippen molar-refractivity contribution in [3.63, 3.8) is 0 Å². The van der Waals surface area contributed by atoms with Gasteiger partial charge in [0.2, 0.25) is 5.91 Å². The van der Waals surface area contributed by atoms with Gasteiger partial charge in [0.25, 0.3) is 0 Å². The Hall–Kier alpha value is -2.80. The summed E-state index contributed by atoms with van der Waals surface area (Å²) in [5.41, 5.74) is 2.26. The van der Waals surface area contributed by atoms with Crippen molar-refractivity contribution < 1.29 is 14.0 Å². The van der Waals surface area contributed by atoms with E-state index in [1.165, 1.54) is 12.1 Å². The molecule has 1 aliphatic rings. The Bertz CT molecular complexity index is 829. The van der Waals surface area contributed by atoms with Gasteiger partial charge in [-0.25, -0.2) is 9.18 Å². The van der Waals surface area contributed by atoms with E-state index in [4.69, 9.17) is 11.6 Å². The number of urea groups is 1. The number of nitrogens with one attached hydrogen (secondary N) is 3. The Morgan fingerprint density at radius 3 is 2.70 bits per heavy atom. The zero-order valence-corrected chi connectivity index (χ0v) is 15.4. The molecule has 0 atom stereocenters. The van der Waals surface area contributed by atoms with E-state index in [0.717, 1.165) is 11.3 Å². The number of halogens is 2. The molecule has 0 aliphatic carbocycles. The lowest BCUT2D eigenvalue weighted by Gasteiger charge is -2.29. The van der Waals surface area contributed by atoms with E-state index in [1.54, 1.807) is 30.3 Å². The van der Waals surface area contributed by atoms with Gasteiger partial charge in [0.15, 0.2) is 0 Å². The Morgan fingerprint density at radius 2 is 2.00 bits per heavy atom. The standard InChI is InChI=1S/C19H20ClFN4O2/c20-16-11-15(5-6-17(16)25-10-9-22-18(26)12-25)24-19(27)23-8-7-13-1-3-14(21)4-2-13/h1-6,11H,7-10,12H2,(H,22,26)(H2,23,24,27). The molecule has 0 unspecified atom stereocenters. The zero-order chi connectivity index (χ0) is 19.2. The first-order valence-electron chi connectivity index (χ1n) is 8.62. The van der Waals surface area contributed by atoms with E-state index in [-0.39, 0.29) is 24.3 Å². The molecule has 2 aromatic carbocycles. The van der Waals surface area contributed by atoms with Crippen LogP contribution in [0.2, 0.25) is 5.02 Å². The summed E-state index contributed by atoms with van der Waals surface area (Å²) in [6, 6.07) is 11.0. The molecule has 8 heteroatoms. The van der Waals surface area contributed by atoms with Crippen LogP contribution in [0.15, 0.2) is 42.5 Å². The largest absolute Gasteiger partial charge is 0.359 e. The lowest BCUT2D eigenvalue weighted by atomic mass is 10.1. The Balaban J connectivity index is 1.51. The molecule has 142 valence electrons. The molecule has 0 aromatic heterocycles. The van der Waals surface area contributed by atoms with Gasteiger partial charge in [0, 0.05) is 25.3 Å². The first kappa shape index (κ1) is 19.0. The highest BCUT2D eigenvalue weighted by molar-refractivity contribution is 6.33. The van der Waals surface area contributed by atoms with Crippen molar-refractivity contribution in [1.82, 2.24) is 10.6 Å². The van der Waals surface area contributed by atoms with Gasteiger partial charge in [-0.05, 0) is 42.3 Å². The minimum atomic E-state index is -0.349. The Labute approximate surface area is 161 Å². The van der Waals surface area contributed by atoms with Crippen LogP contribution in [0, 0.1) is 5.82 Å². The predicted molar refractivity (Wildman–Crippen MR) is 104 cm³/mol. The van der Waals surface area contributed by atoms with Crippen LogP contribution in [0.5, 0.6) is 0 Å². The second-order valence-corrected chi connectivity index (χ2v) is 6.60. The van der Waals surface area contributed by atoms with E-state index in [1.807, 2.05) is 4.90 Å². The van der Waals surface area contributed by atoms with E-state index in [2.05, 4.69) is 16.0 Å². The van der Waals surface area contributed by atoms with Crippen LogP contribution in [-0.4, -0.2) is 38.1 Å². The number of piperazine rings is 1. The fourth-order valence-electron chi connectivity index (χ4n) is 2.83. The van der Waals surface area contributed by atoms with Crippen LogP contribution >= 0.6 is 11.6 Å². The van der Waals surface area contributed by atoms with Gasteiger partial charge in [0.05, 0.1) is 17.3 Å². The number of carbonyl (C=O) groups excluding carboxylic acids is 2. The summed E-state index contributed by atoms with van der Waals surface area (Å²) < 4.78 is 12.9. The van der Waals surface area contributed by atoms with Crippen LogP contribution in [0.25, 0.3) is 0 Å². The number of rotatable bonds is 5. The van der Waals surface area contributed by atoms with Crippen LogP contribution in [0.3, 0.4) is 0 Å². The van der Waals surface area contributed by atoms with Gasteiger partial charge in [-0.15, -0.1) is 0 Å². The second-order valence-electron chi connectivity index (χ2n) is 6.20. The van der Waals surface area contributed by atoms with Crippen molar-refractivity contribution in [2.75, 3.05) is 36.4 Å². The van der Waals surface area contributed by atoms with Crippen molar-refractivity contribution >= 4 is 34.9 Å². The number of hydrogen-bond donors (Lipinski definition) is 3. The average molecular weight is 391 g/mol. The number of anilines is 2. The van der Waals surface area contributed by atoms with Gasteiger partial charge < -0.3 is 20.9 Å². The van der Waals surface area contributed by atoms with Gasteiger partial charge in [-0.3, -0.25) is 4.79 Å². The van der Waals surface area contributed by atoms with E-state index >= 15 is 0 Å². The number of nitrogens with zero attached hydrogens (tertiary/aromatic N) is 1. The van der Waals surface area contributed by atoms with E-state index in [0.29, 0.717) is 36.8 Å². The van der Waals surface area contributed by atoms with Gasteiger partial charge in [0.1, 0.15) is 5.82 Å². The van der Waals surface area contributed by atoms with E-state index in [9.17, 15) is 14.0 Å². The molecule has 0 radical (unpaired) electrons. The Morgan fingerprint density at radius 1 is 1.22 bits per heavy atom. The molecule has 1 aliphatic heterocycles. The van der Waals surface area contributed by atoms with Gasteiger partial charge in [-0.2, -0.15) is 0 Å². The van der Waals surface area contributed by atoms with Gasteiger partial charge in [-0.1, -0.05) is 23.7 Å². The zero-order valence-electron chi connectivity index (χ0n) is 14.6. The molecule has 3 amide bonds. The van der Waals surface area contributed by atoms with Crippen LogP contribution in [0.1, 0.15) is 5.56 Å². The molecule has 0 spiro atoms. The molecule has 3 rings (SSSR count). The average Bonchev–Trinajstić information content (AvgIpc) is 2.63. The molecule has 1 saturated heterocycles. The molecule has 6 nitrogen and oxygen atoms in total.